The summed E-state index contributed by atoms with van der Waals surface area (Å²) >= 11 is 3.15. The Morgan fingerprint density at radius 3 is 2.85 bits per heavy atom. The molecule has 0 atom stereocenters. The van der Waals surface area contributed by atoms with Gasteiger partial charge in [0, 0.05) is 18.5 Å². The minimum absolute atomic E-state index is 0.0504. The number of thiazole rings is 1. The maximum atomic E-state index is 12.0. The van der Waals surface area contributed by atoms with E-state index in [0.29, 0.717) is 13.1 Å². The molecule has 7 heteroatoms. The van der Waals surface area contributed by atoms with Gasteiger partial charge in [0.15, 0.2) is 0 Å². The van der Waals surface area contributed by atoms with Crippen molar-refractivity contribution in [2.45, 2.75) is 6.42 Å². The lowest BCUT2D eigenvalue weighted by molar-refractivity contribution is -0.152. The summed E-state index contributed by atoms with van der Waals surface area (Å²) in [6, 6.07) is 3.97. The molecule has 1 aliphatic heterocycles. The van der Waals surface area contributed by atoms with E-state index in [0.717, 1.165) is 15.6 Å². The van der Waals surface area contributed by atoms with Gasteiger partial charge in [-0.1, -0.05) is 6.07 Å². The molecule has 1 aliphatic rings. The third-order valence-corrected chi connectivity index (χ3v) is 5.13. The number of nitrogens with zero attached hydrogens (tertiary/aromatic N) is 2. The lowest BCUT2D eigenvalue weighted by Gasteiger charge is -2.36. The van der Waals surface area contributed by atoms with E-state index in [1.807, 2.05) is 22.9 Å². The highest BCUT2D eigenvalue weighted by Crippen LogP contribution is 2.28. The van der Waals surface area contributed by atoms with Crippen LogP contribution in [0, 0.1) is 5.92 Å². The number of carboxylic acid groups (broad SMARTS) is 1. The molecule has 0 aromatic carbocycles. The number of carboxylic acids is 1. The number of rotatable bonds is 4. The van der Waals surface area contributed by atoms with Gasteiger partial charge in [-0.05, 0) is 11.4 Å². The van der Waals surface area contributed by atoms with Crippen LogP contribution in [0.2, 0.25) is 0 Å². The van der Waals surface area contributed by atoms with Gasteiger partial charge in [0.1, 0.15) is 5.01 Å². The highest BCUT2D eigenvalue weighted by Gasteiger charge is 2.35. The van der Waals surface area contributed by atoms with Crippen molar-refractivity contribution in [1.82, 2.24) is 9.88 Å². The van der Waals surface area contributed by atoms with Gasteiger partial charge in [-0.3, -0.25) is 9.59 Å². The maximum Gasteiger partial charge on any atom is 0.310 e. The number of thiophene rings is 1. The zero-order valence-electron chi connectivity index (χ0n) is 10.5. The number of aromatic nitrogens is 1. The normalized spacial score (nSPS) is 15.1. The molecule has 0 spiro atoms. The summed E-state index contributed by atoms with van der Waals surface area (Å²) < 4.78 is 0. The summed E-state index contributed by atoms with van der Waals surface area (Å²) in [6.07, 6.45) is 0.244. The molecule has 0 bridgehead atoms. The van der Waals surface area contributed by atoms with Crippen LogP contribution in [0.4, 0.5) is 0 Å². The fourth-order valence-corrected chi connectivity index (χ4v) is 3.64. The van der Waals surface area contributed by atoms with Crippen LogP contribution in [0.25, 0.3) is 9.88 Å². The van der Waals surface area contributed by atoms with Crippen molar-refractivity contribution >= 4 is 34.6 Å². The molecule has 2 aromatic rings. The van der Waals surface area contributed by atoms with Crippen molar-refractivity contribution in [3.05, 3.63) is 28.6 Å². The summed E-state index contributed by atoms with van der Waals surface area (Å²) in [5, 5.41) is 13.6. The molecular weight excluding hydrogens is 296 g/mol. The molecule has 0 aliphatic carbocycles. The molecule has 1 amide bonds. The summed E-state index contributed by atoms with van der Waals surface area (Å²) in [7, 11) is 0. The van der Waals surface area contributed by atoms with Gasteiger partial charge in [0.2, 0.25) is 5.91 Å². The number of aliphatic carboxylic acids is 1. The average Bonchev–Trinajstić information content (AvgIpc) is 2.95. The Morgan fingerprint density at radius 1 is 1.40 bits per heavy atom. The minimum atomic E-state index is -0.831. The SMILES string of the molecule is O=C(O)C1CN(C(=O)Cc2csc(-c3cccs3)n2)C1. The molecule has 5 nitrogen and oxygen atoms in total. The van der Waals surface area contributed by atoms with Crippen molar-refractivity contribution < 1.29 is 14.7 Å². The summed E-state index contributed by atoms with van der Waals surface area (Å²) in [5.41, 5.74) is 0.752. The first-order chi connectivity index (χ1) is 9.63. The van der Waals surface area contributed by atoms with Gasteiger partial charge in [0.25, 0.3) is 0 Å². The molecule has 0 unspecified atom stereocenters. The summed E-state index contributed by atoms with van der Waals surface area (Å²) in [5.74, 6) is -1.29. The molecule has 0 radical (unpaired) electrons. The number of hydrogen-bond acceptors (Lipinski definition) is 5. The number of hydrogen-bond donors (Lipinski definition) is 1. The second-order valence-electron chi connectivity index (χ2n) is 4.63. The van der Waals surface area contributed by atoms with E-state index in [9.17, 15) is 9.59 Å². The van der Waals surface area contributed by atoms with Crippen molar-refractivity contribution in [3.8, 4) is 9.88 Å². The molecule has 20 heavy (non-hydrogen) atoms. The van der Waals surface area contributed by atoms with Crippen molar-refractivity contribution in [2.24, 2.45) is 5.92 Å². The van der Waals surface area contributed by atoms with E-state index >= 15 is 0 Å². The van der Waals surface area contributed by atoms with Crippen LogP contribution in [0.3, 0.4) is 0 Å². The lowest BCUT2D eigenvalue weighted by atomic mass is 10.00. The molecule has 104 valence electrons. The first kappa shape index (κ1) is 13.3. The highest BCUT2D eigenvalue weighted by molar-refractivity contribution is 7.20. The molecule has 3 heterocycles. The predicted molar refractivity (Wildman–Crippen MR) is 76.8 cm³/mol. The van der Waals surface area contributed by atoms with E-state index in [4.69, 9.17) is 5.11 Å². The smallest absolute Gasteiger partial charge is 0.310 e. The molecular formula is C13H12N2O3S2. The standard InChI is InChI=1S/C13H12N2O3S2/c16-11(15-5-8(6-15)13(17)18)4-9-7-20-12(14-9)10-2-1-3-19-10/h1-3,7-8H,4-6H2,(H,17,18). The Morgan fingerprint density at radius 2 is 2.20 bits per heavy atom. The van der Waals surface area contributed by atoms with Crippen molar-refractivity contribution in [3.63, 3.8) is 0 Å². The zero-order chi connectivity index (χ0) is 14.1. The number of carbonyl (C=O) groups is 2. The van der Waals surface area contributed by atoms with Gasteiger partial charge in [-0.2, -0.15) is 0 Å². The van der Waals surface area contributed by atoms with Gasteiger partial charge >= 0.3 is 5.97 Å². The minimum Gasteiger partial charge on any atom is -0.481 e. The van der Waals surface area contributed by atoms with E-state index in [1.165, 1.54) is 11.3 Å². The highest BCUT2D eigenvalue weighted by atomic mass is 32.1. The lowest BCUT2D eigenvalue weighted by Crippen LogP contribution is -2.53. The van der Waals surface area contributed by atoms with Gasteiger partial charge < -0.3 is 10.0 Å². The first-order valence-electron chi connectivity index (χ1n) is 6.12. The largest absolute Gasteiger partial charge is 0.481 e. The molecule has 1 saturated heterocycles. The van der Waals surface area contributed by atoms with Crippen LogP contribution < -0.4 is 0 Å². The predicted octanol–water partition coefficient (Wildman–Crippen LogP) is 1.96. The van der Waals surface area contributed by atoms with Crippen molar-refractivity contribution in [2.75, 3.05) is 13.1 Å². The Labute approximate surface area is 123 Å². The molecule has 1 N–H and O–H groups in total. The van der Waals surface area contributed by atoms with Crippen molar-refractivity contribution in [1.29, 1.82) is 0 Å². The average molecular weight is 308 g/mol. The Kier molecular flexibility index (Phi) is 3.54. The first-order valence-corrected chi connectivity index (χ1v) is 7.88. The van der Waals surface area contributed by atoms with Crippen LogP contribution in [-0.2, 0) is 16.0 Å². The Hall–Kier alpha value is -1.73. The van der Waals surface area contributed by atoms with Crippen LogP contribution in [0.1, 0.15) is 5.69 Å². The fourth-order valence-electron chi connectivity index (χ4n) is 2.01. The quantitative estimate of drug-likeness (QED) is 0.937. The molecule has 3 rings (SSSR count). The molecule has 1 fully saturated rings. The van der Waals surface area contributed by atoms with Crippen LogP contribution in [-0.4, -0.2) is 40.0 Å². The van der Waals surface area contributed by atoms with Crippen LogP contribution in [0.5, 0.6) is 0 Å². The number of likely N-dealkylation sites (tertiary alicyclic amines) is 1. The van der Waals surface area contributed by atoms with Crippen LogP contribution in [0.15, 0.2) is 22.9 Å². The number of amides is 1. The third-order valence-electron chi connectivity index (χ3n) is 3.20. The van der Waals surface area contributed by atoms with Gasteiger partial charge in [-0.25, -0.2) is 4.98 Å². The summed E-state index contributed by atoms with van der Waals surface area (Å²) in [4.78, 5) is 29.8. The second kappa shape index (κ2) is 5.34. The van der Waals surface area contributed by atoms with Crippen LogP contribution >= 0.6 is 22.7 Å². The fraction of sp³-hybridized carbons (Fsp3) is 0.308. The van der Waals surface area contributed by atoms with E-state index in [1.54, 1.807) is 16.2 Å². The topological polar surface area (TPSA) is 70.5 Å². The maximum absolute atomic E-state index is 12.0. The molecule has 0 saturated carbocycles. The Bertz CT molecular complexity index is 630. The monoisotopic (exact) mass is 308 g/mol. The van der Waals surface area contributed by atoms with E-state index in [2.05, 4.69) is 4.98 Å². The zero-order valence-corrected chi connectivity index (χ0v) is 12.1. The van der Waals surface area contributed by atoms with Gasteiger partial charge in [0.05, 0.1) is 22.9 Å². The number of carbonyl (C=O) groups excluding carboxylic acids is 1. The van der Waals surface area contributed by atoms with E-state index < -0.39 is 11.9 Å². The van der Waals surface area contributed by atoms with Gasteiger partial charge in [-0.15, -0.1) is 22.7 Å². The van der Waals surface area contributed by atoms with E-state index in [-0.39, 0.29) is 12.3 Å². The Balaban J connectivity index is 1.59. The third kappa shape index (κ3) is 2.59. The second-order valence-corrected chi connectivity index (χ2v) is 6.44. The summed E-state index contributed by atoms with van der Waals surface area (Å²) in [6.45, 7) is 0.631. The molecule has 2 aromatic heterocycles.